The van der Waals surface area contributed by atoms with Crippen molar-refractivity contribution in [2.75, 3.05) is 0 Å². The van der Waals surface area contributed by atoms with Crippen LogP contribution in [0, 0.1) is 13.8 Å². The molecule has 0 aromatic rings. The van der Waals surface area contributed by atoms with Gasteiger partial charge in [0.15, 0.2) is 0 Å². The summed E-state index contributed by atoms with van der Waals surface area (Å²) in [5.41, 5.74) is 11.1. The molecule has 20 heavy (non-hydrogen) atoms. The van der Waals surface area contributed by atoms with Crippen molar-refractivity contribution in [2.24, 2.45) is 0 Å². The molecule has 0 atom stereocenters. The maximum Gasteiger partial charge on any atom is 2.00 e. The van der Waals surface area contributed by atoms with E-state index < -0.39 is 17.0 Å². The molecular weight excluding hydrogens is 514 g/mol. The van der Waals surface area contributed by atoms with Crippen LogP contribution in [0.3, 0.4) is 0 Å². The third-order valence-corrected chi connectivity index (χ3v) is 0. The molecule has 4 nitrogen and oxygen atoms in total. The smallest absolute Gasteiger partial charge is 0.671 e. The second-order valence-corrected chi connectivity index (χ2v) is 3.89. The van der Waals surface area contributed by atoms with E-state index in [2.05, 4.69) is 13.8 Å². The van der Waals surface area contributed by atoms with Crippen LogP contribution in [-0.2, 0) is 135 Å². The third-order valence-electron chi connectivity index (χ3n) is 0. The predicted octanol–water partition coefficient (Wildman–Crippen LogP) is 4.21. The summed E-state index contributed by atoms with van der Waals surface area (Å²) in [6, 6.07) is 0. The van der Waals surface area contributed by atoms with Gasteiger partial charge in [0, 0.05) is 99.7 Å². The van der Waals surface area contributed by atoms with Gasteiger partial charge in [-0.2, -0.15) is 12.8 Å². The molecule has 0 aliphatic rings. The second-order valence-electron chi connectivity index (χ2n) is 1.31. The normalized spacial score (nSPS) is 3.70. The topological polar surface area (TPSA) is 81.7 Å². The van der Waals surface area contributed by atoms with Crippen molar-refractivity contribution in [1.29, 1.82) is 0 Å². The van der Waals surface area contributed by atoms with Crippen LogP contribution in [-0.4, -0.2) is 12.8 Å². The van der Waals surface area contributed by atoms with Gasteiger partial charge in [-0.1, -0.05) is 13.8 Å². The van der Waals surface area contributed by atoms with Crippen LogP contribution < -0.4 is 0 Å². The first kappa shape index (κ1) is 65.0. The zero-order valence-corrected chi connectivity index (χ0v) is 22.4. The Balaban J connectivity index is -0.00000000735. The van der Waals surface area contributed by atoms with Gasteiger partial charge in [-0.25, -0.2) is 0 Å². The monoisotopic (exact) mass is 532 g/mol. The molecule has 0 saturated carbocycles. The Kier molecular flexibility index (Phi) is 454. The average Bonchev–Trinajstić information content (AvgIpc) is 2.09. The van der Waals surface area contributed by atoms with Crippen molar-refractivity contribution in [3.05, 3.63) is 25.3 Å². The summed E-state index contributed by atoms with van der Waals surface area (Å²) < 4.78 is 0. The Morgan fingerprint density at radius 1 is 0.900 bits per heavy atom. The number of hydrogen-bond acceptors (Lipinski definition) is 2. The Morgan fingerprint density at radius 3 is 0.900 bits per heavy atom. The first-order valence-electron chi connectivity index (χ1n) is 3.84. The van der Waals surface area contributed by atoms with E-state index in [1.165, 1.54) is 0 Å². The zero-order chi connectivity index (χ0) is 13.5. The summed E-state index contributed by atoms with van der Waals surface area (Å²) in [6.45, 7) is 11.0. The van der Waals surface area contributed by atoms with E-state index in [1.54, 1.807) is 0 Å². The van der Waals surface area contributed by atoms with Crippen molar-refractivity contribution in [3.8, 4) is 0 Å². The summed E-state index contributed by atoms with van der Waals surface area (Å²) in [5.74, 6) is 0. The number of nitrogens with one attached hydrogen (secondary N) is 2. The molecule has 0 aliphatic heterocycles. The molecule has 112 valence electrons. The number of hydrogen-bond donors (Lipinski definition) is 0. The second kappa shape index (κ2) is 140. The van der Waals surface area contributed by atoms with E-state index in [-0.39, 0.29) is 121 Å². The van der Waals surface area contributed by atoms with Gasteiger partial charge < -0.3 is 34.9 Å². The SMILES string of the molecule is [CH2-]CC.[CH2-]CC.[Cl][Ti][Cl].[NH-]C=O.[NH-]C=O.[Ti+2].[Ti].[Ti].[Ti].[Ti]. The molecule has 0 fully saturated rings. The third kappa shape index (κ3) is 652. The Morgan fingerprint density at radius 2 is 0.900 bits per heavy atom. The largest absolute Gasteiger partial charge is 2.00 e. The predicted molar refractivity (Wildman–Crippen MR) is 63.8 cm³/mol. The molecule has 0 rings (SSSR count). The zero-order valence-electron chi connectivity index (χ0n) is 11.6. The van der Waals surface area contributed by atoms with Crippen LogP contribution in [0.25, 0.3) is 11.5 Å². The van der Waals surface area contributed by atoms with Gasteiger partial charge in [-0.15, -0.1) is 0 Å². The van der Waals surface area contributed by atoms with Crippen LogP contribution >= 0.6 is 18.6 Å². The quantitative estimate of drug-likeness (QED) is 0.266. The maximum absolute atomic E-state index is 8.47. The number of carbonyl (C=O) groups excluding carboxylic acids is 2. The van der Waals surface area contributed by atoms with E-state index in [9.17, 15) is 0 Å². The molecule has 2 N–H and O–H groups in total. The van der Waals surface area contributed by atoms with Gasteiger partial charge in [0.1, 0.15) is 0 Å². The number of rotatable bonds is 0. The fourth-order valence-electron chi connectivity index (χ4n) is 0. The van der Waals surface area contributed by atoms with Crippen molar-refractivity contribution in [1.82, 2.24) is 0 Å². The van der Waals surface area contributed by atoms with Crippen LogP contribution in [0.1, 0.15) is 26.7 Å². The molecule has 0 spiro atoms. The van der Waals surface area contributed by atoms with Gasteiger partial charge in [0.05, 0.1) is 0 Å². The van der Waals surface area contributed by atoms with Crippen molar-refractivity contribution < 1.29 is 135 Å². The van der Waals surface area contributed by atoms with E-state index in [1.807, 2.05) is 13.8 Å². The molecule has 0 saturated heterocycles. The fraction of sp³-hybridized carbons (Fsp3) is 0.500. The minimum Gasteiger partial charge on any atom is -0.671 e. The molecular formula is C8H18Cl2N2O2Ti6-2. The van der Waals surface area contributed by atoms with Gasteiger partial charge in [-0.05, 0) is 0 Å². The van der Waals surface area contributed by atoms with Gasteiger partial charge in [0.25, 0.3) is 0 Å². The molecule has 0 aromatic heterocycles. The summed E-state index contributed by atoms with van der Waals surface area (Å²) in [6.07, 6.45) is 2.00. The van der Waals surface area contributed by atoms with Crippen LogP contribution in [0.5, 0.6) is 0 Å². The number of carbonyl (C=O) groups is 2. The van der Waals surface area contributed by atoms with E-state index in [4.69, 9.17) is 39.7 Å². The van der Waals surface area contributed by atoms with Crippen LogP contribution in [0.15, 0.2) is 0 Å². The Hall–Kier alpha value is 3.81. The summed E-state index contributed by atoms with van der Waals surface area (Å²) in [4.78, 5) is 16.9. The van der Waals surface area contributed by atoms with Crippen molar-refractivity contribution >= 4 is 31.4 Å². The van der Waals surface area contributed by atoms with Gasteiger partial charge in [-0.3, -0.25) is 0 Å². The minimum absolute atomic E-state index is 0. The van der Waals surface area contributed by atoms with Gasteiger partial charge >= 0.3 is 57.4 Å². The van der Waals surface area contributed by atoms with E-state index in [0.29, 0.717) is 0 Å². The molecule has 0 bridgehead atoms. The summed E-state index contributed by atoms with van der Waals surface area (Å²) >= 11 is -0.556. The fourth-order valence-corrected chi connectivity index (χ4v) is 0. The van der Waals surface area contributed by atoms with Crippen LogP contribution in [0.2, 0.25) is 0 Å². The number of halogens is 2. The Bertz CT molecular complexity index is 83.2. The molecule has 0 unspecified atom stereocenters. The van der Waals surface area contributed by atoms with E-state index >= 15 is 0 Å². The number of amides is 2. The average molecular weight is 532 g/mol. The summed E-state index contributed by atoms with van der Waals surface area (Å²) in [7, 11) is 9.78. The summed E-state index contributed by atoms with van der Waals surface area (Å²) in [5, 5.41) is 0. The minimum atomic E-state index is -0.556. The van der Waals surface area contributed by atoms with E-state index in [0.717, 1.165) is 12.8 Å². The van der Waals surface area contributed by atoms with Crippen LogP contribution in [0.4, 0.5) is 0 Å². The van der Waals surface area contributed by atoms with Crippen molar-refractivity contribution in [3.63, 3.8) is 0 Å². The molecule has 2 amide bonds. The standard InChI is InChI=1S/2C3H7.2CH3NO.2ClH.6Ti/c2*1-3-2;2*2-1-3;;;;;;;;/h2*1,3H2,2H3;2*1H,(H2,2,3);2*1H;;;;;;/q2*-1;;;;;;;;;2*+2/p-4. The first-order chi connectivity index (χ1) is 7.07. The first-order valence-corrected chi connectivity index (χ1v) is 8.14. The molecule has 12 heteroatoms. The van der Waals surface area contributed by atoms with Crippen molar-refractivity contribution in [2.45, 2.75) is 26.7 Å². The van der Waals surface area contributed by atoms with Gasteiger partial charge in [0.2, 0.25) is 0 Å². The molecule has 0 heterocycles. The molecule has 0 radical (unpaired) electrons. The Labute approximate surface area is 215 Å². The molecule has 0 aromatic carbocycles. The maximum atomic E-state index is 8.47. The molecule has 0 aliphatic carbocycles.